The minimum absolute atomic E-state index is 0.165. The Hall–Kier alpha value is -2.82. The summed E-state index contributed by atoms with van der Waals surface area (Å²) in [6.45, 7) is 1.99. The van der Waals surface area contributed by atoms with E-state index in [0.29, 0.717) is 11.5 Å². The normalized spacial score (nSPS) is 16.3. The van der Waals surface area contributed by atoms with Crippen LogP contribution in [0.25, 0.3) is 0 Å². The molecule has 0 spiro atoms. The molecule has 1 amide bonds. The Balaban J connectivity index is 2.23. The van der Waals surface area contributed by atoms with Gasteiger partial charge in [0.05, 0.1) is 26.4 Å². The summed E-state index contributed by atoms with van der Waals surface area (Å²) in [4.78, 5) is 12.6. The molecule has 0 aromatic heterocycles. The summed E-state index contributed by atoms with van der Waals surface area (Å²) < 4.78 is 10.7. The number of fused-ring (bicyclic) bond motifs is 1. The van der Waals surface area contributed by atoms with Gasteiger partial charge < -0.3 is 9.47 Å². The minimum Gasteiger partial charge on any atom is -0.493 e. The molecule has 1 aliphatic heterocycles. The molecule has 1 aliphatic rings. The Kier molecular flexibility index (Phi) is 4.02. The van der Waals surface area contributed by atoms with Crippen molar-refractivity contribution >= 4 is 12.1 Å². The summed E-state index contributed by atoms with van der Waals surface area (Å²) in [6, 6.07) is 11.5. The molecule has 1 heterocycles. The van der Waals surface area contributed by atoms with E-state index in [4.69, 9.17) is 9.47 Å². The van der Waals surface area contributed by atoms with E-state index in [1.54, 1.807) is 20.4 Å². The predicted molar refractivity (Wildman–Crippen MR) is 88.3 cm³/mol. The number of methoxy groups -OCH3 is 2. The van der Waals surface area contributed by atoms with Gasteiger partial charge >= 0.3 is 0 Å². The number of benzene rings is 2. The van der Waals surface area contributed by atoms with Gasteiger partial charge in [-0.25, -0.2) is 5.43 Å². The van der Waals surface area contributed by atoms with Crippen LogP contribution in [0.2, 0.25) is 0 Å². The van der Waals surface area contributed by atoms with Crippen LogP contribution in [0.1, 0.15) is 28.2 Å². The van der Waals surface area contributed by atoms with Crippen molar-refractivity contribution in [1.29, 1.82) is 0 Å². The van der Waals surface area contributed by atoms with Crippen molar-refractivity contribution in [2.45, 2.75) is 12.8 Å². The Labute approximate surface area is 134 Å². The fraction of sp³-hybridized carbons (Fsp3) is 0.222. The maximum absolute atomic E-state index is 12.6. The zero-order valence-electron chi connectivity index (χ0n) is 13.3. The Morgan fingerprint density at radius 2 is 1.74 bits per heavy atom. The fourth-order valence-electron chi connectivity index (χ4n) is 2.86. The molecule has 5 nitrogen and oxygen atoms in total. The Bertz CT molecular complexity index is 784. The first-order valence-electron chi connectivity index (χ1n) is 7.30. The lowest BCUT2D eigenvalue weighted by Crippen LogP contribution is -2.25. The molecule has 3 rings (SSSR count). The maximum atomic E-state index is 12.6. The predicted octanol–water partition coefficient (Wildman–Crippen LogP) is 2.61. The molecule has 0 saturated heterocycles. The molecule has 0 bridgehead atoms. The van der Waals surface area contributed by atoms with Crippen LogP contribution in [0, 0.1) is 6.92 Å². The van der Waals surface area contributed by atoms with E-state index >= 15 is 0 Å². The zero-order valence-corrected chi connectivity index (χ0v) is 13.3. The van der Waals surface area contributed by atoms with E-state index in [2.05, 4.69) is 10.5 Å². The highest BCUT2D eigenvalue weighted by molar-refractivity contribution is 5.95. The van der Waals surface area contributed by atoms with Crippen LogP contribution in [0.3, 0.4) is 0 Å². The molecule has 0 saturated carbocycles. The number of nitrogens with one attached hydrogen (secondary N) is 1. The van der Waals surface area contributed by atoms with Gasteiger partial charge in [-0.05, 0) is 35.7 Å². The molecule has 118 valence electrons. The Morgan fingerprint density at radius 1 is 1.04 bits per heavy atom. The van der Waals surface area contributed by atoms with E-state index in [9.17, 15) is 4.79 Å². The van der Waals surface area contributed by atoms with Gasteiger partial charge in [0.2, 0.25) is 0 Å². The molecule has 0 fully saturated rings. The quantitative estimate of drug-likeness (QED) is 0.948. The van der Waals surface area contributed by atoms with Gasteiger partial charge in [0.15, 0.2) is 11.5 Å². The second-order valence-corrected chi connectivity index (χ2v) is 5.36. The number of nitrogens with zero attached hydrogens (tertiary/aromatic N) is 1. The van der Waals surface area contributed by atoms with E-state index in [1.807, 2.05) is 43.3 Å². The maximum Gasteiger partial charge on any atom is 0.252 e. The summed E-state index contributed by atoms with van der Waals surface area (Å²) in [5, 5.41) is 4.01. The monoisotopic (exact) mass is 310 g/mol. The highest BCUT2D eigenvalue weighted by atomic mass is 16.5. The van der Waals surface area contributed by atoms with Gasteiger partial charge in [-0.3, -0.25) is 4.79 Å². The molecule has 1 N–H and O–H groups in total. The van der Waals surface area contributed by atoms with Crippen molar-refractivity contribution in [2.75, 3.05) is 14.2 Å². The van der Waals surface area contributed by atoms with Gasteiger partial charge in [-0.1, -0.05) is 24.3 Å². The summed E-state index contributed by atoms with van der Waals surface area (Å²) >= 11 is 0. The molecule has 0 aliphatic carbocycles. The number of hydrogen-bond acceptors (Lipinski definition) is 4. The average Bonchev–Trinajstić information content (AvgIpc) is 2.72. The van der Waals surface area contributed by atoms with Crippen molar-refractivity contribution in [3.05, 3.63) is 58.7 Å². The average molecular weight is 310 g/mol. The molecule has 0 radical (unpaired) electrons. The van der Waals surface area contributed by atoms with Crippen molar-refractivity contribution in [2.24, 2.45) is 5.10 Å². The first-order chi connectivity index (χ1) is 11.2. The van der Waals surface area contributed by atoms with Gasteiger partial charge in [0, 0.05) is 5.56 Å². The fourth-order valence-corrected chi connectivity index (χ4v) is 2.86. The van der Waals surface area contributed by atoms with Crippen molar-refractivity contribution in [3.8, 4) is 11.5 Å². The number of aryl methyl sites for hydroxylation is 1. The van der Waals surface area contributed by atoms with E-state index in [0.717, 1.165) is 22.3 Å². The highest BCUT2D eigenvalue weighted by Gasteiger charge is 2.29. The SMILES string of the molecule is COc1cc2c(cc1OC)C(c1ccccc1C)C(=O)NN=C2. The number of rotatable bonds is 3. The first-order valence-corrected chi connectivity index (χ1v) is 7.30. The van der Waals surface area contributed by atoms with Crippen molar-refractivity contribution < 1.29 is 14.3 Å². The Morgan fingerprint density at radius 3 is 2.43 bits per heavy atom. The van der Waals surface area contributed by atoms with Crippen molar-refractivity contribution in [3.63, 3.8) is 0 Å². The largest absolute Gasteiger partial charge is 0.493 e. The van der Waals surface area contributed by atoms with Gasteiger partial charge in [0.25, 0.3) is 5.91 Å². The van der Waals surface area contributed by atoms with Crippen LogP contribution in [0.15, 0.2) is 41.5 Å². The standard InChI is InChI=1S/C18H18N2O3/c1-11-6-4-5-7-13(11)17-14-9-16(23-3)15(22-2)8-12(14)10-19-20-18(17)21/h4-10,17H,1-3H3,(H,20,21). The van der Waals surface area contributed by atoms with Crippen LogP contribution in [-0.4, -0.2) is 26.3 Å². The van der Waals surface area contributed by atoms with Gasteiger partial charge in [-0.2, -0.15) is 5.10 Å². The van der Waals surface area contributed by atoms with E-state index in [1.165, 1.54) is 0 Å². The number of hydrazone groups is 1. The third kappa shape index (κ3) is 2.65. The van der Waals surface area contributed by atoms with E-state index in [-0.39, 0.29) is 5.91 Å². The topological polar surface area (TPSA) is 59.9 Å². The summed E-state index contributed by atoms with van der Waals surface area (Å²) in [6.07, 6.45) is 1.63. The van der Waals surface area contributed by atoms with Crippen LogP contribution >= 0.6 is 0 Å². The lowest BCUT2D eigenvalue weighted by molar-refractivity contribution is -0.121. The van der Waals surface area contributed by atoms with Gasteiger partial charge in [0.1, 0.15) is 0 Å². The smallest absolute Gasteiger partial charge is 0.252 e. The van der Waals surface area contributed by atoms with Crippen molar-refractivity contribution in [1.82, 2.24) is 5.43 Å². The lowest BCUT2D eigenvalue weighted by Gasteiger charge is -2.20. The molecular formula is C18H18N2O3. The third-order valence-electron chi connectivity index (χ3n) is 4.04. The first kappa shape index (κ1) is 15.1. The van der Waals surface area contributed by atoms with Crippen LogP contribution < -0.4 is 14.9 Å². The second-order valence-electron chi connectivity index (χ2n) is 5.36. The number of carbonyl (C=O) groups is 1. The number of amides is 1. The van der Waals surface area contributed by atoms with Gasteiger partial charge in [-0.15, -0.1) is 0 Å². The molecule has 2 aromatic rings. The minimum atomic E-state index is -0.450. The summed E-state index contributed by atoms with van der Waals surface area (Å²) in [5.41, 5.74) is 6.26. The summed E-state index contributed by atoms with van der Waals surface area (Å²) in [7, 11) is 3.16. The molecule has 1 unspecified atom stereocenters. The summed E-state index contributed by atoms with van der Waals surface area (Å²) in [5.74, 6) is 0.582. The lowest BCUT2D eigenvalue weighted by atomic mass is 9.85. The number of hydrogen-bond donors (Lipinski definition) is 1. The molecule has 2 aromatic carbocycles. The molecule has 23 heavy (non-hydrogen) atoms. The van der Waals surface area contributed by atoms with Crippen LogP contribution in [0.5, 0.6) is 11.5 Å². The van der Waals surface area contributed by atoms with Crippen LogP contribution in [0.4, 0.5) is 0 Å². The van der Waals surface area contributed by atoms with E-state index < -0.39 is 5.92 Å². The highest BCUT2D eigenvalue weighted by Crippen LogP contribution is 2.37. The molecule has 5 heteroatoms. The zero-order chi connectivity index (χ0) is 16.4. The second kappa shape index (κ2) is 6.12. The molecule has 1 atom stereocenters. The van der Waals surface area contributed by atoms with Crippen LogP contribution in [-0.2, 0) is 4.79 Å². The molecular weight excluding hydrogens is 292 g/mol. The third-order valence-corrected chi connectivity index (χ3v) is 4.04. The number of ether oxygens (including phenoxy) is 2. The number of carbonyl (C=O) groups excluding carboxylic acids is 1.